The zero-order valence-corrected chi connectivity index (χ0v) is 14.9. The van der Waals surface area contributed by atoms with Crippen LogP contribution in [0, 0.1) is 5.92 Å². The van der Waals surface area contributed by atoms with Crippen LogP contribution >= 0.6 is 15.9 Å². The molecule has 1 atom stereocenters. The van der Waals surface area contributed by atoms with Crippen LogP contribution in [0.25, 0.3) is 0 Å². The summed E-state index contributed by atoms with van der Waals surface area (Å²) in [5, 5.41) is 4.29. The highest BCUT2D eigenvalue weighted by Crippen LogP contribution is 2.21. The van der Waals surface area contributed by atoms with Crippen LogP contribution in [0.2, 0.25) is 0 Å². The van der Waals surface area contributed by atoms with Crippen LogP contribution in [0.1, 0.15) is 43.1 Å². The third-order valence-electron chi connectivity index (χ3n) is 3.75. The molecular formula is C15H27BrN4O. The second kappa shape index (κ2) is 9.33. The Balaban J connectivity index is 2.66. The van der Waals surface area contributed by atoms with E-state index in [4.69, 9.17) is 5.73 Å². The Kier molecular flexibility index (Phi) is 8.14. The molecule has 0 bridgehead atoms. The van der Waals surface area contributed by atoms with E-state index in [1.807, 2.05) is 14.1 Å². The molecule has 21 heavy (non-hydrogen) atoms. The van der Waals surface area contributed by atoms with E-state index in [1.54, 1.807) is 10.9 Å². The van der Waals surface area contributed by atoms with E-state index in [1.165, 1.54) is 0 Å². The summed E-state index contributed by atoms with van der Waals surface area (Å²) in [6.45, 7) is 4.43. The lowest BCUT2D eigenvalue weighted by Crippen LogP contribution is -2.21. The molecule has 0 radical (unpaired) electrons. The van der Waals surface area contributed by atoms with Crippen molar-refractivity contribution in [3.8, 4) is 0 Å². The molecule has 120 valence electrons. The van der Waals surface area contributed by atoms with Crippen molar-refractivity contribution < 1.29 is 4.79 Å². The van der Waals surface area contributed by atoms with Gasteiger partial charge in [-0.05, 0) is 55.3 Å². The largest absolute Gasteiger partial charge is 0.330 e. The average molecular weight is 359 g/mol. The van der Waals surface area contributed by atoms with Crippen molar-refractivity contribution in [2.45, 2.75) is 39.2 Å². The molecular weight excluding hydrogens is 332 g/mol. The van der Waals surface area contributed by atoms with Gasteiger partial charge >= 0.3 is 0 Å². The van der Waals surface area contributed by atoms with E-state index in [9.17, 15) is 4.79 Å². The molecule has 5 nitrogen and oxygen atoms in total. The fraction of sp³-hybridized carbons (Fsp3) is 0.733. The van der Waals surface area contributed by atoms with Crippen molar-refractivity contribution in [2.75, 3.05) is 27.2 Å². The molecule has 0 saturated carbocycles. The number of halogens is 1. The van der Waals surface area contributed by atoms with Crippen molar-refractivity contribution in [3.05, 3.63) is 16.4 Å². The molecule has 0 saturated heterocycles. The number of carbonyl (C=O) groups excluding carboxylic acids is 1. The number of hydrogen-bond acceptors (Lipinski definition) is 4. The molecule has 1 heterocycles. The number of aromatic nitrogens is 2. The van der Waals surface area contributed by atoms with Crippen LogP contribution in [0.3, 0.4) is 0 Å². The maximum Gasteiger partial charge on any atom is 0.182 e. The number of rotatable bonds is 10. The molecule has 1 aromatic heterocycles. The van der Waals surface area contributed by atoms with Crippen LogP contribution in [-0.4, -0.2) is 47.6 Å². The van der Waals surface area contributed by atoms with Gasteiger partial charge in [0.2, 0.25) is 0 Å². The quantitative estimate of drug-likeness (QED) is 0.652. The van der Waals surface area contributed by atoms with Crippen LogP contribution in [0.5, 0.6) is 0 Å². The Morgan fingerprint density at radius 1 is 1.48 bits per heavy atom. The third kappa shape index (κ3) is 5.88. The SMILES string of the molecule is CCC(CCN)CCC(=O)c1c(Br)cnn1CCN(C)C. The topological polar surface area (TPSA) is 64.2 Å². The van der Waals surface area contributed by atoms with Gasteiger partial charge in [-0.25, -0.2) is 0 Å². The maximum atomic E-state index is 12.5. The molecule has 0 amide bonds. The molecule has 0 fully saturated rings. The fourth-order valence-electron chi connectivity index (χ4n) is 2.35. The summed E-state index contributed by atoms with van der Waals surface area (Å²) in [7, 11) is 4.03. The van der Waals surface area contributed by atoms with Gasteiger partial charge in [-0.15, -0.1) is 0 Å². The standard InChI is InChI=1S/C15H27BrN4O/c1-4-12(7-8-17)5-6-14(21)15-13(16)11-18-20(15)10-9-19(2)3/h11-12H,4-10,17H2,1-3H3. The highest BCUT2D eigenvalue weighted by molar-refractivity contribution is 9.10. The van der Waals surface area contributed by atoms with E-state index in [2.05, 4.69) is 32.9 Å². The number of likely N-dealkylation sites (N-methyl/N-ethyl adjacent to an activating group) is 1. The Hall–Kier alpha value is -0.720. The molecule has 0 spiro atoms. The van der Waals surface area contributed by atoms with Crippen molar-refractivity contribution in [1.29, 1.82) is 0 Å². The molecule has 1 aromatic rings. The Bertz CT molecular complexity index is 445. The second-order valence-corrected chi connectivity index (χ2v) is 6.54. The monoisotopic (exact) mass is 358 g/mol. The van der Waals surface area contributed by atoms with E-state index < -0.39 is 0 Å². The van der Waals surface area contributed by atoms with Crippen molar-refractivity contribution in [1.82, 2.24) is 14.7 Å². The Labute approximate surface area is 136 Å². The van der Waals surface area contributed by atoms with Crippen molar-refractivity contribution in [2.24, 2.45) is 11.7 Å². The summed E-state index contributed by atoms with van der Waals surface area (Å²) in [6, 6.07) is 0. The summed E-state index contributed by atoms with van der Waals surface area (Å²) < 4.78 is 2.59. The number of Topliss-reactive ketones (excluding diaryl/α,β-unsaturated/α-hetero) is 1. The number of carbonyl (C=O) groups is 1. The van der Waals surface area contributed by atoms with E-state index in [-0.39, 0.29) is 5.78 Å². The molecule has 0 aromatic carbocycles. The van der Waals surface area contributed by atoms with Gasteiger partial charge in [-0.3, -0.25) is 9.48 Å². The van der Waals surface area contributed by atoms with Gasteiger partial charge < -0.3 is 10.6 Å². The lowest BCUT2D eigenvalue weighted by Gasteiger charge is -2.14. The fourth-order valence-corrected chi connectivity index (χ4v) is 2.86. The highest BCUT2D eigenvalue weighted by Gasteiger charge is 2.18. The van der Waals surface area contributed by atoms with Crippen LogP contribution < -0.4 is 5.73 Å². The summed E-state index contributed by atoms with van der Waals surface area (Å²) in [5.74, 6) is 0.699. The Morgan fingerprint density at radius 3 is 2.76 bits per heavy atom. The van der Waals surface area contributed by atoms with Gasteiger partial charge in [0.05, 0.1) is 17.2 Å². The van der Waals surface area contributed by atoms with Gasteiger partial charge in [-0.1, -0.05) is 13.3 Å². The van der Waals surface area contributed by atoms with E-state index in [0.717, 1.165) is 36.8 Å². The third-order valence-corrected chi connectivity index (χ3v) is 4.33. The van der Waals surface area contributed by atoms with Gasteiger partial charge in [0.1, 0.15) is 5.69 Å². The van der Waals surface area contributed by atoms with Gasteiger partial charge in [0.15, 0.2) is 5.78 Å². The lowest BCUT2D eigenvalue weighted by molar-refractivity contribution is 0.0960. The second-order valence-electron chi connectivity index (χ2n) is 5.68. The molecule has 0 aliphatic carbocycles. The lowest BCUT2D eigenvalue weighted by atomic mass is 9.95. The minimum absolute atomic E-state index is 0.161. The van der Waals surface area contributed by atoms with E-state index >= 15 is 0 Å². The van der Waals surface area contributed by atoms with Crippen molar-refractivity contribution in [3.63, 3.8) is 0 Å². The van der Waals surface area contributed by atoms with Crippen LogP contribution in [-0.2, 0) is 6.54 Å². The minimum Gasteiger partial charge on any atom is -0.330 e. The number of ketones is 1. The van der Waals surface area contributed by atoms with Gasteiger partial charge in [0, 0.05) is 13.0 Å². The first-order valence-corrected chi connectivity index (χ1v) is 8.38. The first kappa shape index (κ1) is 18.3. The van der Waals surface area contributed by atoms with Gasteiger partial charge in [0.25, 0.3) is 0 Å². The number of hydrogen-bond donors (Lipinski definition) is 1. The first-order chi connectivity index (χ1) is 9.99. The van der Waals surface area contributed by atoms with Crippen LogP contribution in [0.15, 0.2) is 10.7 Å². The first-order valence-electron chi connectivity index (χ1n) is 7.58. The zero-order valence-electron chi connectivity index (χ0n) is 13.3. The van der Waals surface area contributed by atoms with Gasteiger partial charge in [-0.2, -0.15) is 5.10 Å². The minimum atomic E-state index is 0.161. The molecule has 1 unspecified atom stereocenters. The Morgan fingerprint density at radius 2 is 2.19 bits per heavy atom. The maximum absolute atomic E-state index is 12.5. The number of nitrogens with zero attached hydrogens (tertiary/aromatic N) is 3. The predicted octanol–water partition coefficient (Wildman–Crippen LogP) is 2.55. The zero-order chi connectivity index (χ0) is 15.8. The number of nitrogens with two attached hydrogens (primary N) is 1. The molecule has 0 aliphatic rings. The summed E-state index contributed by atoms with van der Waals surface area (Å²) in [4.78, 5) is 14.6. The average Bonchev–Trinajstić information content (AvgIpc) is 2.82. The summed E-state index contributed by atoms with van der Waals surface area (Å²) >= 11 is 3.44. The molecule has 0 aliphatic heterocycles. The highest BCUT2D eigenvalue weighted by atomic mass is 79.9. The normalized spacial score (nSPS) is 12.9. The molecule has 2 N–H and O–H groups in total. The summed E-state index contributed by atoms with van der Waals surface area (Å²) in [6.07, 6.45) is 5.24. The molecule has 6 heteroatoms. The van der Waals surface area contributed by atoms with Crippen LogP contribution in [0.4, 0.5) is 0 Å². The smallest absolute Gasteiger partial charge is 0.182 e. The van der Waals surface area contributed by atoms with E-state index in [0.29, 0.717) is 24.6 Å². The molecule has 1 rings (SSSR count). The van der Waals surface area contributed by atoms with Crippen molar-refractivity contribution >= 4 is 21.7 Å². The summed E-state index contributed by atoms with van der Waals surface area (Å²) in [5.41, 5.74) is 6.30. The predicted molar refractivity (Wildman–Crippen MR) is 89.5 cm³/mol.